The maximum Gasteiger partial charge on any atom is 0.325 e. The minimum absolute atomic E-state index is 0.127. The summed E-state index contributed by atoms with van der Waals surface area (Å²) in [4.78, 5) is 31.4. The summed E-state index contributed by atoms with van der Waals surface area (Å²) in [6.45, 7) is 0.201. The summed E-state index contributed by atoms with van der Waals surface area (Å²) in [7, 11) is 1.55. The Morgan fingerprint density at radius 1 is 1.17 bits per heavy atom. The standard InChI is InChI=1S/C21H18N4O5/c1-28-15-8-4-2-6-13(15)18-22-17(30-24-18)12-25-19(26)21(23-20(25)27)10-11-29-16-9-5-3-7-14(16)21/h2-9H,10-12H2,1H3,(H,23,27)/t21-/m1/s1. The number of fused-ring (bicyclic) bond motifs is 2. The minimum Gasteiger partial charge on any atom is -0.496 e. The van der Waals surface area contributed by atoms with Crippen molar-refractivity contribution in [3.8, 4) is 22.9 Å². The molecule has 1 aromatic heterocycles. The number of amides is 3. The van der Waals surface area contributed by atoms with Crippen LogP contribution in [0.25, 0.3) is 11.4 Å². The molecule has 30 heavy (non-hydrogen) atoms. The Hall–Kier alpha value is -3.88. The Kier molecular flexibility index (Phi) is 4.16. The number of carbonyl (C=O) groups excluding carboxylic acids is 2. The van der Waals surface area contributed by atoms with Gasteiger partial charge in [-0.05, 0) is 18.2 Å². The predicted molar refractivity (Wildman–Crippen MR) is 104 cm³/mol. The Bertz CT molecular complexity index is 1140. The van der Waals surface area contributed by atoms with E-state index in [1.807, 2.05) is 24.3 Å². The first-order chi connectivity index (χ1) is 14.6. The fourth-order valence-electron chi connectivity index (χ4n) is 3.91. The molecule has 3 heterocycles. The maximum atomic E-state index is 13.3. The van der Waals surface area contributed by atoms with Gasteiger partial charge in [0, 0.05) is 12.0 Å². The molecule has 0 unspecified atom stereocenters. The van der Waals surface area contributed by atoms with E-state index in [1.165, 1.54) is 0 Å². The van der Waals surface area contributed by atoms with Crippen LogP contribution in [-0.2, 0) is 16.9 Å². The first-order valence-electron chi connectivity index (χ1n) is 9.45. The van der Waals surface area contributed by atoms with Gasteiger partial charge in [-0.25, -0.2) is 4.79 Å². The van der Waals surface area contributed by atoms with Gasteiger partial charge in [-0.2, -0.15) is 4.98 Å². The largest absolute Gasteiger partial charge is 0.496 e. The van der Waals surface area contributed by atoms with Crippen LogP contribution in [0.5, 0.6) is 11.5 Å². The zero-order valence-corrected chi connectivity index (χ0v) is 16.1. The smallest absolute Gasteiger partial charge is 0.325 e. The average Bonchev–Trinajstić information content (AvgIpc) is 3.33. The summed E-state index contributed by atoms with van der Waals surface area (Å²) < 4.78 is 16.3. The number of hydrogen-bond acceptors (Lipinski definition) is 7. The number of rotatable bonds is 4. The lowest BCUT2D eigenvalue weighted by molar-refractivity contribution is -0.133. The molecule has 0 aliphatic carbocycles. The number of carbonyl (C=O) groups is 2. The molecule has 2 aliphatic heterocycles. The van der Waals surface area contributed by atoms with Gasteiger partial charge in [-0.15, -0.1) is 0 Å². The van der Waals surface area contributed by atoms with Gasteiger partial charge in [0.05, 0.1) is 19.3 Å². The molecule has 1 N–H and O–H groups in total. The van der Waals surface area contributed by atoms with E-state index in [0.717, 1.165) is 4.90 Å². The number of ether oxygens (including phenoxy) is 2. The second-order valence-electron chi connectivity index (χ2n) is 7.03. The lowest BCUT2D eigenvalue weighted by Crippen LogP contribution is -2.47. The summed E-state index contributed by atoms with van der Waals surface area (Å²) in [6, 6.07) is 14.0. The molecule has 9 nitrogen and oxygen atoms in total. The summed E-state index contributed by atoms with van der Waals surface area (Å²) >= 11 is 0. The van der Waals surface area contributed by atoms with Gasteiger partial charge in [0.15, 0.2) is 5.54 Å². The summed E-state index contributed by atoms with van der Waals surface area (Å²) in [5, 5.41) is 6.82. The Morgan fingerprint density at radius 2 is 1.97 bits per heavy atom. The normalized spacial score (nSPS) is 20.1. The van der Waals surface area contributed by atoms with Crippen molar-refractivity contribution in [1.82, 2.24) is 20.4 Å². The fraction of sp³-hybridized carbons (Fsp3) is 0.238. The first kappa shape index (κ1) is 18.2. The molecule has 2 aliphatic rings. The van der Waals surface area contributed by atoms with Crippen molar-refractivity contribution < 1.29 is 23.6 Å². The van der Waals surface area contributed by atoms with Crippen LogP contribution in [0.4, 0.5) is 4.79 Å². The van der Waals surface area contributed by atoms with E-state index < -0.39 is 11.6 Å². The fourth-order valence-corrected chi connectivity index (χ4v) is 3.91. The van der Waals surface area contributed by atoms with Crippen molar-refractivity contribution in [2.45, 2.75) is 18.5 Å². The molecule has 1 saturated heterocycles. The number of benzene rings is 2. The molecule has 0 saturated carbocycles. The van der Waals surface area contributed by atoms with Crippen molar-refractivity contribution in [3.63, 3.8) is 0 Å². The molecule has 9 heteroatoms. The zero-order valence-electron chi connectivity index (χ0n) is 16.1. The first-order valence-corrected chi connectivity index (χ1v) is 9.45. The van der Waals surface area contributed by atoms with Crippen molar-refractivity contribution in [2.75, 3.05) is 13.7 Å². The van der Waals surface area contributed by atoms with Crippen molar-refractivity contribution in [1.29, 1.82) is 0 Å². The van der Waals surface area contributed by atoms with Crippen LogP contribution < -0.4 is 14.8 Å². The van der Waals surface area contributed by atoms with Gasteiger partial charge in [0.2, 0.25) is 11.7 Å². The molecule has 1 atom stereocenters. The Labute approximate surface area is 171 Å². The predicted octanol–water partition coefficient (Wildman–Crippen LogP) is 2.48. The molecule has 5 rings (SSSR count). The van der Waals surface area contributed by atoms with Gasteiger partial charge in [-0.3, -0.25) is 9.69 Å². The quantitative estimate of drug-likeness (QED) is 0.663. The number of hydrogen-bond donors (Lipinski definition) is 1. The van der Waals surface area contributed by atoms with Gasteiger partial charge in [-0.1, -0.05) is 35.5 Å². The highest BCUT2D eigenvalue weighted by atomic mass is 16.5. The maximum absolute atomic E-state index is 13.3. The molecule has 3 aromatic rings. The van der Waals surface area contributed by atoms with E-state index in [1.54, 1.807) is 31.4 Å². The van der Waals surface area contributed by atoms with Crippen LogP contribution in [-0.4, -0.2) is 40.7 Å². The van der Waals surface area contributed by atoms with Crippen LogP contribution in [0, 0.1) is 0 Å². The molecule has 0 radical (unpaired) electrons. The van der Waals surface area contributed by atoms with Crippen LogP contribution in [0.2, 0.25) is 0 Å². The highest BCUT2D eigenvalue weighted by Gasteiger charge is 2.55. The van der Waals surface area contributed by atoms with E-state index >= 15 is 0 Å². The Morgan fingerprint density at radius 3 is 2.83 bits per heavy atom. The van der Waals surface area contributed by atoms with Gasteiger partial charge in [0.25, 0.3) is 5.91 Å². The Balaban J connectivity index is 1.43. The second kappa shape index (κ2) is 6.87. The molecule has 2 aromatic carbocycles. The van der Waals surface area contributed by atoms with E-state index in [-0.39, 0.29) is 18.3 Å². The number of aromatic nitrogens is 2. The lowest BCUT2D eigenvalue weighted by Gasteiger charge is -2.33. The zero-order chi connectivity index (χ0) is 20.7. The van der Waals surface area contributed by atoms with E-state index in [0.29, 0.717) is 41.5 Å². The van der Waals surface area contributed by atoms with Crippen LogP contribution in [0.1, 0.15) is 17.9 Å². The van der Waals surface area contributed by atoms with Crippen LogP contribution in [0.3, 0.4) is 0 Å². The number of nitrogens with one attached hydrogen (secondary N) is 1. The SMILES string of the molecule is COc1ccccc1-c1noc(CN2C(=O)N[C@@]3(CCOc4ccccc43)C2=O)n1. The topological polar surface area (TPSA) is 107 Å². The number of methoxy groups -OCH3 is 1. The third kappa shape index (κ3) is 2.70. The highest BCUT2D eigenvalue weighted by Crippen LogP contribution is 2.41. The summed E-state index contributed by atoms with van der Waals surface area (Å²) in [6.07, 6.45) is 0.349. The third-order valence-corrected chi connectivity index (χ3v) is 5.37. The van der Waals surface area contributed by atoms with E-state index in [9.17, 15) is 9.59 Å². The van der Waals surface area contributed by atoms with Gasteiger partial charge >= 0.3 is 6.03 Å². The van der Waals surface area contributed by atoms with E-state index in [2.05, 4.69) is 15.5 Å². The van der Waals surface area contributed by atoms with Crippen molar-refractivity contribution in [3.05, 3.63) is 60.0 Å². The number of nitrogens with zero attached hydrogens (tertiary/aromatic N) is 3. The number of imide groups is 1. The highest BCUT2D eigenvalue weighted by molar-refractivity contribution is 6.07. The molecular weight excluding hydrogens is 388 g/mol. The lowest BCUT2D eigenvalue weighted by atomic mass is 9.84. The average molecular weight is 406 g/mol. The number of urea groups is 1. The molecule has 1 fully saturated rings. The molecular formula is C21H18N4O5. The summed E-state index contributed by atoms with van der Waals surface area (Å²) in [5.74, 6) is 1.30. The van der Waals surface area contributed by atoms with Crippen LogP contribution in [0.15, 0.2) is 53.1 Å². The van der Waals surface area contributed by atoms with Crippen LogP contribution >= 0.6 is 0 Å². The molecule has 1 spiro atoms. The second-order valence-corrected chi connectivity index (χ2v) is 7.03. The molecule has 0 bridgehead atoms. The third-order valence-electron chi connectivity index (χ3n) is 5.37. The van der Waals surface area contributed by atoms with Crippen molar-refractivity contribution in [2.24, 2.45) is 0 Å². The molecule has 3 amide bonds. The van der Waals surface area contributed by atoms with E-state index in [4.69, 9.17) is 14.0 Å². The monoisotopic (exact) mass is 406 g/mol. The minimum atomic E-state index is -1.14. The van der Waals surface area contributed by atoms with Crippen molar-refractivity contribution >= 4 is 11.9 Å². The summed E-state index contributed by atoms with van der Waals surface area (Å²) in [5.41, 5.74) is 0.164. The number of para-hydroxylation sites is 2. The van der Waals surface area contributed by atoms with Gasteiger partial charge < -0.3 is 19.3 Å². The van der Waals surface area contributed by atoms with Gasteiger partial charge in [0.1, 0.15) is 18.0 Å². The molecule has 152 valence electrons.